The summed E-state index contributed by atoms with van der Waals surface area (Å²) in [5.74, 6) is -2.50. The molecular formula is C22H32O9. The summed E-state index contributed by atoms with van der Waals surface area (Å²) in [6.07, 6.45) is -5.44. The van der Waals surface area contributed by atoms with Gasteiger partial charge in [-0.25, -0.2) is 14.4 Å². The molecule has 1 aliphatic rings. The van der Waals surface area contributed by atoms with Gasteiger partial charge in [-0.3, -0.25) is 0 Å². The van der Waals surface area contributed by atoms with Crippen molar-refractivity contribution in [3.63, 3.8) is 0 Å². The summed E-state index contributed by atoms with van der Waals surface area (Å²) in [4.78, 5) is 36.7. The Morgan fingerprint density at radius 2 is 1.16 bits per heavy atom. The molecule has 0 aromatic heterocycles. The summed E-state index contributed by atoms with van der Waals surface area (Å²) in [5, 5.41) is 31.8. The fraction of sp³-hybridized carbons (Fsp3) is 0.591. The van der Waals surface area contributed by atoms with Crippen molar-refractivity contribution in [2.75, 3.05) is 0 Å². The summed E-state index contributed by atoms with van der Waals surface area (Å²) >= 11 is 0. The normalized spacial score (nSPS) is 29.9. The molecule has 0 radical (unpaired) electrons. The number of allylic oxidation sites excluding steroid dienone is 3. The summed E-state index contributed by atoms with van der Waals surface area (Å²) in [5.41, 5.74) is 1.11. The van der Waals surface area contributed by atoms with Crippen molar-refractivity contribution in [3.8, 4) is 0 Å². The van der Waals surface area contributed by atoms with Crippen LogP contribution in [0.25, 0.3) is 0 Å². The predicted octanol–water partition coefficient (Wildman–Crippen LogP) is 1.11. The van der Waals surface area contributed by atoms with Gasteiger partial charge in [0.15, 0.2) is 18.3 Å². The monoisotopic (exact) mass is 440 g/mol. The molecule has 6 atom stereocenters. The molecule has 1 rings (SSSR count). The van der Waals surface area contributed by atoms with Crippen LogP contribution >= 0.6 is 0 Å². The number of hydrogen-bond acceptors (Lipinski definition) is 9. The van der Waals surface area contributed by atoms with Crippen molar-refractivity contribution in [1.82, 2.24) is 0 Å². The zero-order valence-corrected chi connectivity index (χ0v) is 18.7. The van der Waals surface area contributed by atoms with Crippen molar-refractivity contribution in [2.24, 2.45) is 0 Å². The van der Waals surface area contributed by atoms with Crippen molar-refractivity contribution < 1.29 is 43.9 Å². The first-order chi connectivity index (χ1) is 14.5. The molecule has 0 unspecified atom stereocenters. The quantitative estimate of drug-likeness (QED) is 0.302. The highest BCUT2D eigenvalue weighted by Crippen LogP contribution is 2.29. The second-order valence-electron chi connectivity index (χ2n) is 7.40. The molecule has 0 aromatic carbocycles. The molecule has 0 saturated heterocycles. The smallest absolute Gasteiger partial charge is 0.333 e. The molecule has 0 aliphatic heterocycles. The Hall–Kier alpha value is -2.49. The van der Waals surface area contributed by atoms with E-state index in [-0.39, 0.29) is 11.1 Å². The summed E-state index contributed by atoms with van der Waals surface area (Å²) in [6, 6.07) is 0. The summed E-state index contributed by atoms with van der Waals surface area (Å²) in [7, 11) is 0. The van der Waals surface area contributed by atoms with E-state index in [9.17, 15) is 29.7 Å². The fourth-order valence-corrected chi connectivity index (χ4v) is 2.72. The Labute approximate surface area is 182 Å². The van der Waals surface area contributed by atoms with Crippen LogP contribution in [0.2, 0.25) is 0 Å². The molecule has 0 heterocycles. The van der Waals surface area contributed by atoms with Gasteiger partial charge in [-0.2, -0.15) is 0 Å². The second-order valence-corrected chi connectivity index (χ2v) is 7.40. The molecule has 9 nitrogen and oxygen atoms in total. The van der Waals surface area contributed by atoms with Gasteiger partial charge in [0.05, 0.1) is 0 Å². The third-order valence-electron chi connectivity index (χ3n) is 5.19. The SMILES string of the molecule is C/C=C(/C)C(=O)O[C@@H]1[C@@H](O)[C@@H](OC(=O)/C=C(\C)CC)[C@H](O)[C@@H](O)[C@@H]1OC(=O)/C(C)=C\C. The van der Waals surface area contributed by atoms with E-state index in [2.05, 4.69) is 0 Å². The van der Waals surface area contributed by atoms with E-state index < -0.39 is 54.5 Å². The third-order valence-corrected chi connectivity index (χ3v) is 5.19. The predicted molar refractivity (Wildman–Crippen MR) is 111 cm³/mol. The second kappa shape index (κ2) is 11.8. The minimum atomic E-state index is -1.80. The molecule has 1 fully saturated rings. The Morgan fingerprint density at radius 1 is 0.742 bits per heavy atom. The maximum Gasteiger partial charge on any atom is 0.333 e. The van der Waals surface area contributed by atoms with Crippen LogP contribution in [0.15, 0.2) is 34.9 Å². The molecule has 1 aliphatic carbocycles. The summed E-state index contributed by atoms with van der Waals surface area (Å²) < 4.78 is 15.7. The lowest BCUT2D eigenvalue weighted by molar-refractivity contribution is -0.244. The number of ether oxygens (including phenoxy) is 3. The number of aliphatic hydroxyl groups is 3. The van der Waals surface area contributed by atoms with Gasteiger partial charge in [0.2, 0.25) is 0 Å². The Bertz CT molecular complexity index is 765. The lowest BCUT2D eigenvalue weighted by atomic mass is 9.84. The van der Waals surface area contributed by atoms with E-state index in [0.29, 0.717) is 12.0 Å². The minimum absolute atomic E-state index is 0.206. The van der Waals surface area contributed by atoms with E-state index in [1.165, 1.54) is 32.1 Å². The summed E-state index contributed by atoms with van der Waals surface area (Å²) in [6.45, 7) is 9.69. The van der Waals surface area contributed by atoms with E-state index in [1.807, 2.05) is 6.92 Å². The molecule has 0 bridgehead atoms. The molecule has 0 aromatic rings. The van der Waals surface area contributed by atoms with Crippen molar-refractivity contribution in [2.45, 2.75) is 84.6 Å². The maximum absolute atomic E-state index is 12.3. The largest absolute Gasteiger partial charge is 0.453 e. The number of aliphatic hydroxyl groups excluding tert-OH is 3. The number of hydrogen-bond donors (Lipinski definition) is 3. The topological polar surface area (TPSA) is 140 Å². The van der Waals surface area contributed by atoms with E-state index in [1.54, 1.807) is 20.8 Å². The maximum atomic E-state index is 12.3. The molecule has 0 spiro atoms. The van der Waals surface area contributed by atoms with Crippen LogP contribution < -0.4 is 0 Å². The van der Waals surface area contributed by atoms with E-state index >= 15 is 0 Å². The van der Waals surface area contributed by atoms with Crippen molar-refractivity contribution in [3.05, 3.63) is 34.9 Å². The van der Waals surface area contributed by atoms with Crippen molar-refractivity contribution in [1.29, 1.82) is 0 Å². The Kier molecular flexibility index (Phi) is 10.1. The molecule has 3 N–H and O–H groups in total. The van der Waals surface area contributed by atoms with Gasteiger partial charge in [0.25, 0.3) is 0 Å². The van der Waals surface area contributed by atoms with Gasteiger partial charge in [-0.15, -0.1) is 0 Å². The van der Waals surface area contributed by atoms with Gasteiger partial charge in [0.1, 0.15) is 18.3 Å². The highest BCUT2D eigenvalue weighted by atomic mass is 16.6. The first kappa shape index (κ1) is 26.5. The molecule has 1 saturated carbocycles. The van der Waals surface area contributed by atoms with Gasteiger partial charge in [-0.1, -0.05) is 24.6 Å². The van der Waals surface area contributed by atoms with Gasteiger partial charge in [0, 0.05) is 17.2 Å². The number of rotatable bonds is 7. The minimum Gasteiger partial charge on any atom is -0.453 e. The Morgan fingerprint density at radius 3 is 1.58 bits per heavy atom. The van der Waals surface area contributed by atoms with Crippen LogP contribution in [0.4, 0.5) is 0 Å². The third kappa shape index (κ3) is 6.75. The zero-order valence-electron chi connectivity index (χ0n) is 18.7. The average Bonchev–Trinajstić information content (AvgIpc) is 2.75. The average molecular weight is 440 g/mol. The van der Waals surface area contributed by atoms with Gasteiger partial charge >= 0.3 is 17.9 Å². The van der Waals surface area contributed by atoms with E-state index in [0.717, 1.165) is 0 Å². The number of esters is 3. The van der Waals surface area contributed by atoms with Gasteiger partial charge in [-0.05, 0) is 41.0 Å². The Balaban J connectivity index is 3.26. The number of carbonyl (C=O) groups is 3. The van der Waals surface area contributed by atoms with Crippen molar-refractivity contribution >= 4 is 17.9 Å². The lowest BCUT2D eigenvalue weighted by Crippen LogP contribution is -2.66. The van der Waals surface area contributed by atoms with Crippen LogP contribution in [0.1, 0.15) is 48.0 Å². The molecule has 31 heavy (non-hydrogen) atoms. The van der Waals surface area contributed by atoms with Crippen LogP contribution in [0.3, 0.4) is 0 Å². The molecule has 174 valence electrons. The molecule has 0 amide bonds. The van der Waals surface area contributed by atoms with E-state index in [4.69, 9.17) is 14.2 Å². The van der Waals surface area contributed by atoms with Crippen LogP contribution in [-0.4, -0.2) is 69.9 Å². The highest BCUT2D eigenvalue weighted by molar-refractivity contribution is 5.88. The molecule has 9 heteroatoms. The zero-order chi connectivity index (χ0) is 23.9. The standard InChI is InChI=1S/C22H32O9/c1-7-11(4)10-14(23)29-18-15(24)16(25)19(30-21(27)12(5)8-2)20(17(18)26)31-22(28)13(6)9-3/h8-10,15-20,24-26H,7H2,1-6H3/b11-10+,12-8-,13-9-/t15-,16-,17+,18+,19+,20-/m1/s1. The first-order valence-corrected chi connectivity index (χ1v) is 10.1. The van der Waals surface area contributed by atoms with Crippen LogP contribution in [0, 0.1) is 0 Å². The first-order valence-electron chi connectivity index (χ1n) is 10.1. The number of carbonyl (C=O) groups excluding carboxylic acids is 3. The highest BCUT2D eigenvalue weighted by Gasteiger charge is 2.55. The molecular weight excluding hydrogens is 408 g/mol. The fourth-order valence-electron chi connectivity index (χ4n) is 2.72. The van der Waals surface area contributed by atoms with Crippen LogP contribution in [0.5, 0.6) is 0 Å². The van der Waals surface area contributed by atoms with Gasteiger partial charge < -0.3 is 29.5 Å². The lowest BCUT2D eigenvalue weighted by Gasteiger charge is -2.43. The van der Waals surface area contributed by atoms with Crippen LogP contribution in [-0.2, 0) is 28.6 Å².